The Morgan fingerprint density at radius 3 is 1.91 bits per heavy atom. The van der Waals surface area contributed by atoms with Crippen LogP contribution in [0.15, 0.2) is 78.9 Å². The highest BCUT2D eigenvalue weighted by Gasteiger charge is 2.36. The van der Waals surface area contributed by atoms with Crippen LogP contribution < -0.4 is 4.74 Å². The van der Waals surface area contributed by atoms with Gasteiger partial charge >= 0.3 is 6.11 Å². The van der Waals surface area contributed by atoms with E-state index in [0.717, 1.165) is 42.7 Å². The normalized spacial score (nSPS) is 11.5. The van der Waals surface area contributed by atoms with E-state index in [2.05, 4.69) is 4.74 Å². The number of aryl methyl sites for hydroxylation is 1. The smallest absolute Gasteiger partial charge is 0.426 e. The molecule has 0 radical (unpaired) electrons. The van der Waals surface area contributed by atoms with E-state index < -0.39 is 40.7 Å². The van der Waals surface area contributed by atoms with Crippen molar-refractivity contribution in [2.45, 2.75) is 25.9 Å². The Morgan fingerprint density at radius 1 is 0.657 bits per heavy atom. The van der Waals surface area contributed by atoms with Crippen LogP contribution in [0.4, 0.5) is 26.3 Å². The largest absolute Gasteiger partial charge is 0.426 e. The molecule has 7 heteroatoms. The van der Waals surface area contributed by atoms with E-state index in [1.54, 1.807) is 12.1 Å². The summed E-state index contributed by atoms with van der Waals surface area (Å²) in [7, 11) is 0. The summed E-state index contributed by atoms with van der Waals surface area (Å²) < 4.78 is 89.9. The topological polar surface area (TPSA) is 9.23 Å². The number of hydrogen-bond donors (Lipinski definition) is 0. The number of halogens is 6. The number of alkyl halides is 2. The molecule has 4 aromatic carbocycles. The molecule has 0 saturated heterocycles. The van der Waals surface area contributed by atoms with Gasteiger partial charge in [0.05, 0.1) is 5.56 Å². The third-order valence-electron chi connectivity index (χ3n) is 5.56. The first-order valence-electron chi connectivity index (χ1n) is 10.9. The second kappa shape index (κ2) is 9.86. The molecule has 4 aromatic rings. The van der Waals surface area contributed by atoms with Gasteiger partial charge in [0, 0.05) is 5.56 Å². The van der Waals surface area contributed by atoms with Gasteiger partial charge in [-0.05, 0) is 65.1 Å². The highest BCUT2D eigenvalue weighted by molar-refractivity contribution is 5.71. The Morgan fingerprint density at radius 2 is 1.29 bits per heavy atom. The molecular formula is C28H20F6O. The fourth-order valence-electron chi connectivity index (χ4n) is 3.70. The SMILES string of the molecule is CCCc1ccc(C(F)(F)Oc2ccc(-c3ccc(-c4ccc(F)c(F)c4)cc3)c(F)c2F)cc1. The van der Waals surface area contributed by atoms with Gasteiger partial charge in [-0.3, -0.25) is 0 Å². The van der Waals surface area contributed by atoms with E-state index >= 15 is 0 Å². The van der Waals surface area contributed by atoms with Crippen LogP contribution in [0.25, 0.3) is 22.3 Å². The van der Waals surface area contributed by atoms with Crippen LogP contribution >= 0.6 is 0 Å². The lowest BCUT2D eigenvalue weighted by atomic mass is 9.99. The average Bonchev–Trinajstić information content (AvgIpc) is 2.85. The van der Waals surface area contributed by atoms with E-state index in [9.17, 15) is 26.3 Å². The molecule has 0 N–H and O–H groups in total. The Bertz CT molecular complexity index is 1330. The Hall–Kier alpha value is -3.74. The third kappa shape index (κ3) is 5.19. The summed E-state index contributed by atoms with van der Waals surface area (Å²) in [6.07, 6.45) is -2.28. The molecule has 0 spiro atoms. The van der Waals surface area contributed by atoms with E-state index in [0.29, 0.717) is 11.1 Å². The van der Waals surface area contributed by atoms with Crippen LogP contribution in [-0.2, 0) is 12.5 Å². The van der Waals surface area contributed by atoms with Crippen molar-refractivity contribution >= 4 is 0 Å². The summed E-state index contributed by atoms with van der Waals surface area (Å²) >= 11 is 0. The molecule has 0 aliphatic rings. The first kappa shape index (κ1) is 24.4. The first-order valence-corrected chi connectivity index (χ1v) is 10.9. The quantitative estimate of drug-likeness (QED) is 0.238. The van der Waals surface area contributed by atoms with Gasteiger partial charge in [0.2, 0.25) is 5.82 Å². The van der Waals surface area contributed by atoms with E-state index in [-0.39, 0.29) is 11.1 Å². The number of ether oxygens (including phenoxy) is 1. The number of rotatable bonds is 7. The maximum atomic E-state index is 14.8. The van der Waals surface area contributed by atoms with Crippen LogP contribution in [0.3, 0.4) is 0 Å². The van der Waals surface area contributed by atoms with Gasteiger partial charge in [-0.1, -0.05) is 55.8 Å². The summed E-state index contributed by atoms with van der Waals surface area (Å²) in [6, 6.07) is 16.9. The highest BCUT2D eigenvalue weighted by atomic mass is 19.3. The Balaban J connectivity index is 1.57. The highest BCUT2D eigenvalue weighted by Crippen LogP contribution is 2.36. The van der Waals surface area contributed by atoms with Crippen molar-refractivity contribution in [3.63, 3.8) is 0 Å². The minimum absolute atomic E-state index is 0.168. The number of hydrogen-bond acceptors (Lipinski definition) is 1. The predicted octanol–water partition coefficient (Wildman–Crippen LogP) is 8.66. The molecule has 0 aliphatic heterocycles. The molecule has 0 aromatic heterocycles. The van der Waals surface area contributed by atoms with Gasteiger partial charge < -0.3 is 4.74 Å². The summed E-state index contributed by atoms with van der Waals surface area (Å²) in [6.45, 7) is 1.97. The van der Waals surface area contributed by atoms with Crippen molar-refractivity contribution in [3.8, 4) is 28.0 Å². The lowest BCUT2D eigenvalue weighted by Crippen LogP contribution is -2.22. The van der Waals surface area contributed by atoms with Crippen molar-refractivity contribution in [2.24, 2.45) is 0 Å². The standard InChI is InChI=1S/C28H20F6O/c1-2-3-17-4-11-21(12-5-17)28(33,34)35-25-15-13-22(26(31)27(25)32)19-8-6-18(7-9-19)20-10-14-23(29)24(30)16-20/h4-16H,2-3H2,1H3. The van der Waals surface area contributed by atoms with Crippen molar-refractivity contribution in [1.82, 2.24) is 0 Å². The van der Waals surface area contributed by atoms with Crippen molar-refractivity contribution in [1.29, 1.82) is 0 Å². The molecule has 0 amide bonds. The van der Waals surface area contributed by atoms with Crippen LogP contribution in [0, 0.1) is 23.3 Å². The van der Waals surface area contributed by atoms with Gasteiger partial charge in [-0.15, -0.1) is 0 Å². The fourth-order valence-corrected chi connectivity index (χ4v) is 3.70. The summed E-state index contributed by atoms with van der Waals surface area (Å²) in [4.78, 5) is 0. The molecule has 0 heterocycles. The fraction of sp³-hybridized carbons (Fsp3) is 0.143. The van der Waals surface area contributed by atoms with E-state index in [1.165, 1.54) is 42.5 Å². The second-order valence-corrected chi connectivity index (χ2v) is 8.01. The zero-order valence-corrected chi connectivity index (χ0v) is 18.6. The molecular weight excluding hydrogens is 466 g/mol. The van der Waals surface area contributed by atoms with Gasteiger partial charge in [0.25, 0.3) is 0 Å². The average molecular weight is 486 g/mol. The molecule has 0 bridgehead atoms. The molecule has 4 rings (SSSR count). The molecule has 0 aliphatic carbocycles. The molecule has 0 saturated carbocycles. The molecule has 0 atom stereocenters. The van der Waals surface area contributed by atoms with Crippen molar-refractivity contribution in [2.75, 3.05) is 0 Å². The van der Waals surface area contributed by atoms with Crippen LogP contribution in [0.1, 0.15) is 24.5 Å². The van der Waals surface area contributed by atoms with Crippen molar-refractivity contribution in [3.05, 3.63) is 113 Å². The van der Waals surface area contributed by atoms with Gasteiger partial charge in [0.15, 0.2) is 23.2 Å². The minimum atomic E-state index is -3.87. The zero-order valence-electron chi connectivity index (χ0n) is 18.6. The van der Waals surface area contributed by atoms with Crippen LogP contribution in [-0.4, -0.2) is 0 Å². The lowest BCUT2D eigenvalue weighted by Gasteiger charge is -2.19. The Labute approximate surface area is 198 Å². The second-order valence-electron chi connectivity index (χ2n) is 8.01. The van der Waals surface area contributed by atoms with Crippen LogP contribution in [0.5, 0.6) is 5.75 Å². The van der Waals surface area contributed by atoms with Gasteiger partial charge in [-0.2, -0.15) is 13.2 Å². The maximum absolute atomic E-state index is 14.8. The monoisotopic (exact) mass is 486 g/mol. The molecule has 0 unspecified atom stereocenters. The summed E-state index contributed by atoms with van der Waals surface area (Å²) in [5.41, 5.74) is 1.42. The number of benzene rings is 4. The molecule has 0 fully saturated rings. The lowest BCUT2D eigenvalue weighted by molar-refractivity contribution is -0.187. The van der Waals surface area contributed by atoms with E-state index in [1.807, 2.05) is 6.92 Å². The zero-order chi connectivity index (χ0) is 25.2. The summed E-state index contributed by atoms with van der Waals surface area (Å²) in [5.74, 6) is -5.81. The third-order valence-corrected chi connectivity index (χ3v) is 5.56. The molecule has 1 nitrogen and oxygen atoms in total. The van der Waals surface area contributed by atoms with Gasteiger partial charge in [0.1, 0.15) is 0 Å². The maximum Gasteiger partial charge on any atom is 0.426 e. The molecule has 180 valence electrons. The minimum Gasteiger partial charge on any atom is -0.426 e. The Kier molecular flexibility index (Phi) is 6.87. The predicted molar refractivity (Wildman–Crippen MR) is 122 cm³/mol. The first-order chi connectivity index (χ1) is 16.7. The van der Waals surface area contributed by atoms with E-state index in [4.69, 9.17) is 0 Å². The molecule has 35 heavy (non-hydrogen) atoms. The summed E-state index contributed by atoms with van der Waals surface area (Å²) in [5, 5.41) is 0. The van der Waals surface area contributed by atoms with Crippen LogP contribution in [0.2, 0.25) is 0 Å². The van der Waals surface area contributed by atoms with Gasteiger partial charge in [-0.25, -0.2) is 13.2 Å². The van der Waals surface area contributed by atoms with Crippen molar-refractivity contribution < 1.29 is 31.1 Å².